The molecule has 0 spiro atoms. The molecule has 1 saturated heterocycles. The molecule has 0 radical (unpaired) electrons. The van der Waals surface area contributed by atoms with Crippen LogP contribution in [-0.4, -0.2) is 36.5 Å². The van der Waals surface area contributed by atoms with Crippen molar-refractivity contribution in [2.75, 3.05) is 19.6 Å². The van der Waals surface area contributed by atoms with Crippen LogP contribution in [0.2, 0.25) is 0 Å². The van der Waals surface area contributed by atoms with Gasteiger partial charge in [0.1, 0.15) is 5.78 Å². The molecule has 4 nitrogen and oxygen atoms in total. The smallest absolute Gasteiger partial charge is 0.148 e. The number of nitrogens with zero attached hydrogens (tertiary/aromatic N) is 1. The van der Waals surface area contributed by atoms with Gasteiger partial charge in [0.2, 0.25) is 0 Å². The Morgan fingerprint density at radius 1 is 1.36 bits per heavy atom. The Morgan fingerprint density at radius 3 is 2.71 bits per heavy atom. The topological polar surface area (TPSA) is 72.3 Å². The first kappa shape index (κ1) is 11.6. The summed E-state index contributed by atoms with van der Waals surface area (Å²) in [5.41, 5.74) is 11.4. The molecule has 1 fully saturated rings. The van der Waals surface area contributed by atoms with Gasteiger partial charge in [-0.25, -0.2) is 0 Å². The molecule has 4 N–H and O–H groups in total. The molecule has 4 heteroatoms. The van der Waals surface area contributed by atoms with Crippen molar-refractivity contribution >= 4 is 5.78 Å². The first-order chi connectivity index (χ1) is 6.74. The summed E-state index contributed by atoms with van der Waals surface area (Å²) in [6, 6.07) is 0. The molecule has 82 valence electrons. The summed E-state index contributed by atoms with van der Waals surface area (Å²) in [7, 11) is 0. The zero-order chi connectivity index (χ0) is 10.4. The van der Waals surface area contributed by atoms with Crippen LogP contribution in [0.3, 0.4) is 0 Å². The summed E-state index contributed by atoms with van der Waals surface area (Å²) in [6.45, 7) is 2.16. The minimum absolute atomic E-state index is 0.0687. The second kappa shape index (κ2) is 6.11. The first-order valence-corrected chi connectivity index (χ1v) is 5.45. The molecular weight excluding hydrogens is 178 g/mol. The van der Waals surface area contributed by atoms with Gasteiger partial charge in [-0.3, -0.25) is 9.69 Å². The highest BCUT2D eigenvalue weighted by Gasteiger charge is 2.23. The quantitative estimate of drug-likeness (QED) is 0.594. The van der Waals surface area contributed by atoms with Gasteiger partial charge in [0.05, 0.1) is 12.7 Å². The van der Waals surface area contributed by atoms with Gasteiger partial charge >= 0.3 is 0 Å². The molecule has 14 heavy (non-hydrogen) atoms. The molecule has 1 aliphatic heterocycles. The van der Waals surface area contributed by atoms with Crippen LogP contribution in [0.4, 0.5) is 0 Å². The Kier molecular flexibility index (Phi) is 5.07. The van der Waals surface area contributed by atoms with Gasteiger partial charge in [-0.1, -0.05) is 12.8 Å². The van der Waals surface area contributed by atoms with E-state index in [1.807, 2.05) is 0 Å². The summed E-state index contributed by atoms with van der Waals surface area (Å²) >= 11 is 0. The van der Waals surface area contributed by atoms with Gasteiger partial charge in [0, 0.05) is 13.0 Å². The summed E-state index contributed by atoms with van der Waals surface area (Å²) in [5.74, 6) is 0.322. The Morgan fingerprint density at radius 2 is 2.14 bits per heavy atom. The van der Waals surface area contributed by atoms with Crippen LogP contribution >= 0.6 is 0 Å². The van der Waals surface area contributed by atoms with Gasteiger partial charge in [0.15, 0.2) is 0 Å². The molecule has 0 aromatic heterocycles. The SMILES string of the molecule is NCCCCCC(N)N1CCC(=O)C1. The average Bonchev–Trinajstić information content (AvgIpc) is 2.59. The fourth-order valence-electron chi connectivity index (χ4n) is 1.79. The summed E-state index contributed by atoms with van der Waals surface area (Å²) in [5, 5.41) is 0. The number of ketones is 1. The van der Waals surface area contributed by atoms with E-state index in [2.05, 4.69) is 4.90 Å². The van der Waals surface area contributed by atoms with E-state index in [-0.39, 0.29) is 6.17 Å². The van der Waals surface area contributed by atoms with Crippen molar-refractivity contribution in [1.82, 2.24) is 4.90 Å². The van der Waals surface area contributed by atoms with Crippen LogP contribution in [-0.2, 0) is 4.79 Å². The average molecular weight is 199 g/mol. The lowest BCUT2D eigenvalue weighted by atomic mass is 10.1. The lowest BCUT2D eigenvalue weighted by Crippen LogP contribution is -2.40. The van der Waals surface area contributed by atoms with Crippen molar-refractivity contribution in [1.29, 1.82) is 0 Å². The molecule has 1 aliphatic rings. The van der Waals surface area contributed by atoms with E-state index in [9.17, 15) is 4.79 Å². The minimum Gasteiger partial charge on any atom is -0.330 e. The van der Waals surface area contributed by atoms with E-state index in [4.69, 9.17) is 11.5 Å². The number of carbonyl (C=O) groups excluding carboxylic acids is 1. The fourth-order valence-corrected chi connectivity index (χ4v) is 1.79. The Balaban J connectivity index is 2.09. The van der Waals surface area contributed by atoms with Crippen molar-refractivity contribution in [3.8, 4) is 0 Å². The van der Waals surface area contributed by atoms with E-state index >= 15 is 0 Å². The Hall–Kier alpha value is -0.450. The molecule has 0 bridgehead atoms. The molecular formula is C10H21N3O. The number of rotatable bonds is 6. The first-order valence-electron chi connectivity index (χ1n) is 5.45. The van der Waals surface area contributed by atoms with Crippen molar-refractivity contribution < 1.29 is 4.79 Å². The molecule has 1 atom stereocenters. The van der Waals surface area contributed by atoms with E-state index in [0.29, 0.717) is 18.7 Å². The van der Waals surface area contributed by atoms with Crippen molar-refractivity contribution in [3.05, 3.63) is 0 Å². The molecule has 0 aromatic carbocycles. The third kappa shape index (κ3) is 3.74. The number of nitrogens with two attached hydrogens (primary N) is 2. The number of unbranched alkanes of at least 4 members (excludes halogenated alkanes) is 2. The molecule has 0 saturated carbocycles. The predicted octanol–water partition coefficient (Wildman–Crippen LogP) is 0.0651. The zero-order valence-corrected chi connectivity index (χ0v) is 8.74. The maximum atomic E-state index is 11.0. The van der Waals surface area contributed by atoms with Gasteiger partial charge in [0.25, 0.3) is 0 Å². The Labute approximate surface area is 85.6 Å². The number of hydrogen-bond donors (Lipinski definition) is 2. The second-order valence-corrected chi connectivity index (χ2v) is 3.96. The molecule has 0 aliphatic carbocycles. The third-order valence-electron chi connectivity index (χ3n) is 2.73. The second-order valence-electron chi connectivity index (χ2n) is 3.96. The lowest BCUT2D eigenvalue weighted by Gasteiger charge is -2.22. The van der Waals surface area contributed by atoms with Crippen LogP contribution in [0.1, 0.15) is 32.1 Å². The highest BCUT2D eigenvalue weighted by Crippen LogP contribution is 2.11. The van der Waals surface area contributed by atoms with E-state index < -0.39 is 0 Å². The monoisotopic (exact) mass is 199 g/mol. The number of hydrogen-bond acceptors (Lipinski definition) is 4. The van der Waals surface area contributed by atoms with Gasteiger partial charge in [-0.15, -0.1) is 0 Å². The van der Waals surface area contributed by atoms with Crippen LogP contribution in [0.5, 0.6) is 0 Å². The molecule has 1 unspecified atom stereocenters. The highest BCUT2D eigenvalue weighted by molar-refractivity contribution is 5.82. The van der Waals surface area contributed by atoms with Crippen LogP contribution in [0.25, 0.3) is 0 Å². The molecule has 0 aromatic rings. The highest BCUT2D eigenvalue weighted by atomic mass is 16.1. The van der Waals surface area contributed by atoms with Crippen LogP contribution in [0.15, 0.2) is 0 Å². The van der Waals surface area contributed by atoms with E-state index in [0.717, 1.165) is 38.8 Å². The predicted molar refractivity (Wildman–Crippen MR) is 56.7 cm³/mol. The number of likely N-dealkylation sites (tertiary alicyclic amines) is 1. The van der Waals surface area contributed by atoms with E-state index in [1.165, 1.54) is 0 Å². The van der Waals surface area contributed by atoms with E-state index in [1.54, 1.807) is 0 Å². The number of Topliss-reactive ketones (excluding diaryl/α,β-unsaturated/α-hetero) is 1. The molecule has 1 rings (SSSR count). The minimum atomic E-state index is 0.0687. The summed E-state index contributed by atoms with van der Waals surface area (Å²) in [4.78, 5) is 13.1. The van der Waals surface area contributed by atoms with Crippen molar-refractivity contribution in [3.63, 3.8) is 0 Å². The largest absolute Gasteiger partial charge is 0.330 e. The maximum Gasteiger partial charge on any atom is 0.148 e. The van der Waals surface area contributed by atoms with Crippen LogP contribution in [0, 0.1) is 0 Å². The summed E-state index contributed by atoms with van der Waals surface area (Å²) < 4.78 is 0. The standard InChI is InChI=1S/C10H21N3O/c11-6-3-1-2-4-10(12)13-7-5-9(14)8-13/h10H,1-8,11-12H2. The summed E-state index contributed by atoms with van der Waals surface area (Å²) in [6.07, 6.45) is 5.06. The van der Waals surface area contributed by atoms with Crippen molar-refractivity contribution in [2.24, 2.45) is 11.5 Å². The maximum absolute atomic E-state index is 11.0. The Bertz CT molecular complexity index is 184. The van der Waals surface area contributed by atoms with Crippen molar-refractivity contribution in [2.45, 2.75) is 38.3 Å². The van der Waals surface area contributed by atoms with Crippen LogP contribution < -0.4 is 11.5 Å². The zero-order valence-electron chi connectivity index (χ0n) is 8.74. The molecule has 1 heterocycles. The lowest BCUT2D eigenvalue weighted by molar-refractivity contribution is -0.117. The van der Waals surface area contributed by atoms with Gasteiger partial charge in [-0.05, 0) is 19.4 Å². The third-order valence-corrected chi connectivity index (χ3v) is 2.73. The van der Waals surface area contributed by atoms with Gasteiger partial charge < -0.3 is 11.5 Å². The normalized spacial score (nSPS) is 20.3. The van der Waals surface area contributed by atoms with Gasteiger partial charge in [-0.2, -0.15) is 0 Å². The fraction of sp³-hybridized carbons (Fsp3) is 0.900. The number of carbonyl (C=O) groups is 1. The molecule has 0 amide bonds.